The first-order valence-corrected chi connectivity index (χ1v) is 5.55. The molecule has 0 aliphatic carbocycles. The molecule has 0 saturated carbocycles. The van der Waals surface area contributed by atoms with E-state index in [2.05, 4.69) is 10.4 Å². The fourth-order valence-corrected chi connectivity index (χ4v) is 1.74. The van der Waals surface area contributed by atoms with Crippen molar-refractivity contribution in [3.05, 3.63) is 15.8 Å². The van der Waals surface area contributed by atoms with Crippen molar-refractivity contribution < 1.29 is 14.8 Å². The zero-order valence-electron chi connectivity index (χ0n) is 10.5. The second-order valence-corrected chi connectivity index (χ2v) is 3.99. The van der Waals surface area contributed by atoms with E-state index in [4.69, 9.17) is 5.11 Å². The van der Waals surface area contributed by atoms with Crippen molar-refractivity contribution in [3.63, 3.8) is 0 Å². The minimum atomic E-state index is -1.04. The number of hydrogen-bond donors (Lipinski definition) is 2. The van der Waals surface area contributed by atoms with Crippen LogP contribution in [0.25, 0.3) is 0 Å². The molecule has 0 aromatic carbocycles. The van der Waals surface area contributed by atoms with E-state index in [1.807, 2.05) is 6.92 Å². The molecule has 18 heavy (non-hydrogen) atoms. The van der Waals surface area contributed by atoms with E-state index in [1.165, 1.54) is 18.7 Å². The molecule has 0 aliphatic heterocycles. The molecular weight excluding hydrogens is 240 g/mol. The first-order valence-electron chi connectivity index (χ1n) is 5.55. The summed E-state index contributed by atoms with van der Waals surface area (Å²) in [5, 5.41) is 26.6. The third kappa shape index (κ3) is 2.76. The lowest BCUT2D eigenvalue weighted by molar-refractivity contribution is -0.384. The van der Waals surface area contributed by atoms with E-state index in [1.54, 1.807) is 0 Å². The minimum Gasteiger partial charge on any atom is -0.480 e. The second-order valence-electron chi connectivity index (χ2n) is 3.99. The number of nitro groups is 1. The molecule has 1 atom stereocenters. The number of carboxylic acid groups (broad SMARTS) is 1. The molecule has 0 amide bonds. The van der Waals surface area contributed by atoms with Gasteiger partial charge in [0.25, 0.3) is 0 Å². The van der Waals surface area contributed by atoms with Crippen molar-refractivity contribution in [1.82, 2.24) is 9.78 Å². The van der Waals surface area contributed by atoms with Gasteiger partial charge in [0.15, 0.2) is 0 Å². The Hall–Kier alpha value is -2.12. The van der Waals surface area contributed by atoms with E-state index >= 15 is 0 Å². The highest BCUT2D eigenvalue weighted by molar-refractivity contribution is 5.78. The number of aryl methyl sites for hydroxylation is 2. The Morgan fingerprint density at radius 1 is 1.67 bits per heavy atom. The van der Waals surface area contributed by atoms with E-state index in [0.29, 0.717) is 12.8 Å². The van der Waals surface area contributed by atoms with Gasteiger partial charge in [0.05, 0.1) is 4.92 Å². The largest absolute Gasteiger partial charge is 0.480 e. The van der Waals surface area contributed by atoms with Crippen LogP contribution in [0.1, 0.15) is 25.5 Å². The van der Waals surface area contributed by atoms with Crippen LogP contribution in [-0.2, 0) is 11.8 Å². The van der Waals surface area contributed by atoms with Gasteiger partial charge in [0.1, 0.15) is 11.7 Å². The molecule has 1 unspecified atom stereocenters. The van der Waals surface area contributed by atoms with Gasteiger partial charge in [0, 0.05) is 7.05 Å². The van der Waals surface area contributed by atoms with Gasteiger partial charge in [-0.2, -0.15) is 5.10 Å². The SMILES string of the molecule is CCCC(Nc1c([N+](=O)[O-])c(C)nn1C)C(=O)O. The normalized spacial score (nSPS) is 12.2. The van der Waals surface area contributed by atoms with Crippen LogP contribution >= 0.6 is 0 Å². The Balaban J connectivity index is 3.09. The molecule has 2 N–H and O–H groups in total. The molecule has 100 valence electrons. The Labute approximate surface area is 104 Å². The van der Waals surface area contributed by atoms with Crippen LogP contribution in [0.4, 0.5) is 11.5 Å². The molecule has 0 aliphatic rings. The van der Waals surface area contributed by atoms with Gasteiger partial charge in [-0.1, -0.05) is 13.3 Å². The van der Waals surface area contributed by atoms with Crippen LogP contribution < -0.4 is 5.32 Å². The maximum absolute atomic E-state index is 11.0. The summed E-state index contributed by atoms with van der Waals surface area (Å²) in [4.78, 5) is 21.4. The standard InChI is InChI=1S/C10H16N4O4/c1-4-5-7(10(15)16)11-9-8(14(17)18)6(2)12-13(9)3/h7,11H,4-5H2,1-3H3,(H,15,16). The van der Waals surface area contributed by atoms with Crippen LogP contribution in [0, 0.1) is 17.0 Å². The number of aliphatic carboxylic acids is 1. The summed E-state index contributed by atoms with van der Waals surface area (Å²) < 4.78 is 1.29. The Kier molecular flexibility index (Phi) is 4.24. The molecule has 8 nitrogen and oxygen atoms in total. The van der Waals surface area contributed by atoms with Gasteiger partial charge in [-0.15, -0.1) is 0 Å². The zero-order valence-corrected chi connectivity index (χ0v) is 10.5. The van der Waals surface area contributed by atoms with E-state index in [9.17, 15) is 14.9 Å². The molecule has 1 heterocycles. The predicted molar refractivity (Wildman–Crippen MR) is 64.6 cm³/mol. The summed E-state index contributed by atoms with van der Waals surface area (Å²) in [5.41, 5.74) is 0.0745. The van der Waals surface area contributed by atoms with Crippen molar-refractivity contribution in [2.24, 2.45) is 7.05 Å². The Bertz CT molecular complexity index is 469. The van der Waals surface area contributed by atoms with E-state index in [-0.39, 0.29) is 17.2 Å². The summed E-state index contributed by atoms with van der Waals surface area (Å²) in [7, 11) is 1.53. The monoisotopic (exact) mass is 256 g/mol. The molecule has 0 saturated heterocycles. The quantitative estimate of drug-likeness (QED) is 0.586. The second kappa shape index (κ2) is 5.48. The van der Waals surface area contributed by atoms with Gasteiger partial charge in [-0.3, -0.25) is 10.1 Å². The fourth-order valence-electron chi connectivity index (χ4n) is 1.74. The van der Waals surface area contributed by atoms with Gasteiger partial charge in [-0.05, 0) is 13.3 Å². The summed E-state index contributed by atoms with van der Waals surface area (Å²) in [6.45, 7) is 3.36. The fraction of sp³-hybridized carbons (Fsp3) is 0.600. The number of aromatic nitrogens is 2. The maximum atomic E-state index is 11.0. The molecule has 1 aromatic rings. The summed E-state index contributed by atoms with van der Waals surface area (Å²) in [6.07, 6.45) is 1.05. The number of carboxylic acids is 1. The highest BCUT2D eigenvalue weighted by Crippen LogP contribution is 2.28. The molecule has 0 bridgehead atoms. The van der Waals surface area contributed by atoms with Crippen LogP contribution in [0.2, 0.25) is 0 Å². The molecule has 1 rings (SSSR count). The summed E-state index contributed by atoms with van der Waals surface area (Å²) in [5.74, 6) is -0.914. The molecule has 1 aromatic heterocycles. The minimum absolute atomic E-state index is 0.123. The van der Waals surface area contributed by atoms with Gasteiger partial charge >= 0.3 is 11.7 Å². The predicted octanol–water partition coefficient (Wildman–Crippen LogP) is 1.30. The molecule has 8 heteroatoms. The number of nitrogens with one attached hydrogen (secondary N) is 1. The van der Waals surface area contributed by atoms with E-state index in [0.717, 1.165) is 0 Å². The van der Waals surface area contributed by atoms with E-state index < -0.39 is 16.9 Å². The first-order chi connectivity index (χ1) is 8.38. The third-order valence-electron chi connectivity index (χ3n) is 2.56. The highest BCUT2D eigenvalue weighted by atomic mass is 16.6. The summed E-state index contributed by atoms with van der Waals surface area (Å²) in [6, 6.07) is -0.858. The lowest BCUT2D eigenvalue weighted by Gasteiger charge is -2.14. The number of nitrogens with zero attached hydrogens (tertiary/aromatic N) is 3. The van der Waals surface area contributed by atoms with Crippen LogP contribution in [0.15, 0.2) is 0 Å². The Morgan fingerprint density at radius 3 is 2.72 bits per heavy atom. The molecule has 0 spiro atoms. The first kappa shape index (κ1) is 13.9. The zero-order chi connectivity index (χ0) is 13.9. The van der Waals surface area contributed by atoms with Crippen molar-refractivity contribution in [2.45, 2.75) is 32.7 Å². The number of rotatable bonds is 6. The molecule has 0 radical (unpaired) electrons. The van der Waals surface area contributed by atoms with Crippen LogP contribution in [-0.4, -0.2) is 31.8 Å². The summed E-state index contributed by atoms with van der Waals surface area (Å²) >= 11 is 0. The topological polar surface area (TPSA) is 110 Å². The third-order valence-corrected chi connectivity index (χ3v) is 2.56. The van der Waals surface area contributed by atoms with Crippen molar-refractivity contribution in [2.75, 3.05) is 5.32 Å². The van der Waals surface area contributed by atoms with Gasteiger partial charge in [0.2, 0.25) is 5.82 Å². The highest BCUT2D eigenvalue weighted by Gasteiger charge is 2.27. The maximum Gasteiger partial charge on any atom is 0.333 e. The lowest BCUT2D eigenvalue weighted by atomic mass is 10.1. The van der Waals surface area contributed by atoms with Crippen LogP contribution in [0.5, 0.6) is 0 Å². The Morgan fingerprint density at radius 2 is 2.28 bits per heavy atom. The number of hydrogen-bond acceptors (Lipinski definition) is 5. The van der Waals surface area contributed by atoms with Crippen LogP contribution in [0.3, 0.4) is 0 Å². The molecular formula is C10H16N4O4. The number of anilines is 1. The van der Waals surface area contributed by atoms with Crippen molar-refractivity contribution in [1.29, 1.82) is 0 Å². The lowest BCUT2D eigenvalue weighted by Crippen LogP contribution is -2.30. The smallest absolute Gasteiger partial charge is 0.333 e. The van der Waals surface area contributed by atoms with Crippen molar-refractivity contribution in [3.8, 4) is 0 Å². The van der Waals surface area contributed by atoms with Crippen molar-refractivity contribution >= 4 is 17.5 Å². The average molecular weight is 256 g/mol. The average Bonchev–Trinajstić information content (AvgIpc) is 2.52. The molecule has 0 fully saturated rings. The number of carbonyl (C=O) groups is 1. The van der Waals surface area contributed by atoms with Gasteiger partial charge < -0.3 is 10.4 Å². The van der Waals surface area contributed by atoms with Gasteiger partial charge in [-0.25, -0.2) is 9.48 Å².